The summed E-state index contributed by atoms with van der Waals surface area (Å²) in [6.45, 7) is 2.44. The summed E-state index contributed by atoms with van der Waals surface area (Å²) >= 11 is 3.02. The monoisotopic (exact) mass is 360 g/mol. The fourth-order valence-electron chi connectivity index (χ4n) is 2.44. The molecule has 1 aromatic carbocycles. The van der Waals surface area contributed by atoms with Gasteiger partial charge in [-0.25, -0.2) is 9.18 Å². The van der Waals surface area contributed by atoms with Gasteiger partial charge in [0.05, 0.1) is 22.1 Å². The van der Waals surface area contributed by atoms with Gasteiger partial charge in [0.15, 0.2) is 0 Å². The molecule has 0 saturated carbocycles. The van der Waals surface area contributed by atoms with Gasteiger partial charge in [-0.05, 0) is 41.8 Å². The molecule has 0 bridgehead atoms. The van der Waals surface area contributed by atoms with Crippen molar-refractivity contribution in [2.24, 2.45) is 0 Å². The number of nitrogens with zero attached hydrogens (tertiary/aromatic N) is 2. The van der Waals surface area contributed by atoms with Crippen molar-refractivity contribution in [3.63, 3.8) is 0 Å². The van der Waals surface area contributed by atoms with Crippen molar-refractivity contribution in [2.45, 2.75) is 25.8 Å². The van der Waals surface area contributed by atoms with Crippen LogP contribution in [0.15, 0.2) is 16.6 Å². The highest BCUT2D eigenvalue weighted by molar-refractivity contribution is 9.10. The first-order valence-electron chi connectivity index (χ1n) is 6.52. The lowest BCUT2D eigenvalue weighted by Crippen LogP contribution is -2.37. The fourth-order valence-corrected chi connectivity index (χ4v) is 2.77. The van der Waals surface area contributed by atoms with Gasteiger partial charge in [0.25, 0.3) is 5.69 Å². The van der Waals surface area contributed by atoms with E-state index in [0.29, 0.717) is 13.0 Å². The van der Waals surface area contributed by atoms with Crippen LogP contribution in [0.5, 0.6) is 0 Å². The summed E-state index contributed by atoms with van der Waals surface area (Å²) in [5.41, 5.74) is -0.129. The minimum absolute atomic E-state index is 0.123. The van der Waals surface area contributed by atoms with Gasteiger partial charge in [0, 0.05) is 6.54 Å². The average molecular weight is 361 g/mol. The van der Waals surface area contributed by atoms with E-state index in [1.165, 1.54) is 6.07 Å². The molecular weight excluding hydrogens is 347 g/mol. The number of hydrogen-bond donors (Lipinski definition) is 0. The maximum Gasteiger partial charge on any atom is 0.328 e. The minimum atomic E-state index is -0.711. The molecule has 0 N–H and O–H groups in total. The van der Waals surface area contributed by atoms with Gasteiger partial charge in [-0.3, -0.25) is 10.1 Å². The fraction of sp³-hybridized carbons (Fsp3) is 0.462. The Morgan fingerprint density at radius 2 is 2.33 bits per heavy atom. The summed E-state index contributed by atoms with van der Waals surface area (Å²) in [5, 5.41) is 11.1. The molecule has 21 heavy (non-hydrogen) atoms. The third kappa shape index (κ3) is 3.15. The molecule has 0 aliphatic carbocycles. The molecule has 0 radical (unpaired) electrons. The van der Waals surface area contributed by atoms with Crippen LogP contribution in [0.2, 0.25) is 0 Å². The van der Waals surface area contributed by atoms with E-state index in [1.807, 2.05) is 0 Å². The zero-order chi connectivity index (χ0) is 15.6. The molecule has 1 fully saturated rings. The molecule has 8 heteroatoms. The van der Waals surface area contributed by atoms with Crippen LogP contribution in [-0.4, -0.2) is 30.1 Å². The number of ether oxygens (including phenoxy) is 1. The average Bonchev–Trinajstić information content (AvgIpc) is 2.90. The Bertz CT molecular complexity index is 582. The number of carbonyl (C=O) groups excluding carboxylic acids is 1. The third-order valence-electron chi connectivity index (χ3n) is 3.34. The van der Waals surface area contributed by atoms with Crippen LogP contribution < -0.4 is 4.90 Å². The standard InChI is InChI=1S/C13H14BrFN2O4/c1-2-21-13(18)10-4-3-5-16(10)11-6-8(14)9(15)7-12(11)17(19)20/h6-7,10H,2-5H2,1H3. The van der Waals surface area contributed by atoms with Crippen LogP contribution in [0.3, 0.4) is 0 Å². The highest BCUT2D eigenvalue weighted by atomic mass is 79.9. The number of anilines is 1. The van der Waals surface area contributed by atoms with E-state index in [1.54, 1.807) is 11.8 Å². The van der Waals surface area contributed by atoms with E-state index in [4.69, 9.17) is 4.74 Å². The van der Waals surface area contributed by atoms with Crippen LogP contribution in [0.1, 0.15) is 19.8 Å². The number of nitro groups is 1. The first-order valence-corrected chi connectivity index (χ1v) is 7.31. The predicted molar refractivity (Wildman–Crippen MR) is 77.8 cm³/mol. The number of nitro benzene ring substituents is 1. The van der Waals surface area contributed by atoms with Crippen molar-refractivity contribution < 1.29 is 18.8 Å². The van der Waals surface area contributed by atoms with Gasteiger partial charge in [0.2, 0.25) is 0 Å². The SMILES string of the molecule is CCOC(=O)C1CCCN1c1cc(Br)c(F)cc1[N+](=O)[O-]. The molecule has 1 heterocycles. The Morgan fingerprint density at radius 3 is 2.95 bits per heavy atom. The number of esters is 1. The second-order valence-electron chi connectivity index (χ2n) is 4.62. The molecule has 1 aliphatic heterocycles. The Hall–Kier alpha value is -1.70. The maximum atomic E-state index is 13.5. The Kier molecular flexibility index (Phi) is 4.76. The van der Waals surface area contributed by atoms with Crippen LogP contribution in [-0.2, 0) is 9.53 Å². The minimum Gasteiger partial charge on any atom is -0.464 e. The number of benzene rings is 1. The summed E-state index contributed by atoms with van der Waals surface area (Å²) in [5.74, 6) is -1.12. The van der Waals surface area contributed by atoms with Gasteiger partial charge in [-0.1, -0.05) is 0 Å². The number of halogens is 2. The van der Waals surface area contributed by atoms with Gasteiger partial charge < -0.3 is 9.64 Å². The molecular formula is C13H14BrFN2O4. The third-order valence-corrected chi connectivity index (χ3v) is 3.94. The quantitative estimate of drug-likeness (QED) is 0.468. The molecule has 1 aliphatic rings. The van der Waals surface area contributed by atoms with E-state index in [9.17, 15) is 19.3 Å². The molecule has 6 nitrogen and oxygen atoms in total. The van der Waals surface area contributed by atoms with E-state index < -0.39 is 22.8 Å². The lowest BCUT2D eigenvalue weighted by atomic mass is 10.2. The Balaban J connectivity index is 2.42. The van der Waals surface area contributed by atoms with E-state index in [-0.39, 0.29) is 22.5 Å². The molecule has 0 spiro atoms. The Labute approximate surface area is 129 Å². The van der Waals surface area contributed by atoms with Crippen LogP contribution in [0.25, 0.3) is 0 Å². The molecule has 114 valence electrons. The predicted octanol–water partition coefficient (Wildman–Crippen LogP) is 3.03. The summed E-state index contributed by atoms with van der Waals surface area (Å²) in [4.78, 5) is 24.0. The lowest BCUT2D eigenvalue weighted by Gasteiger charge is -2.25. The second-order valence-corrected chi connectivity index (χ2v) is 5.47. The van der Waals surface area contributed by atoms with Crippen molar-refractivity contribution in [2.75, 3.05) is 18.1 Å². The molecule has 1 atom stereocenters. The topological polar surface area (TPSA) is 72.7 Å². The van der Waals surface area contributed by atoms with Crippen molar-refractivity contribution in [3.8, 4) is 0 Å². The van der Waals surface area contributed by atoms with Crippen LogP contribution in [0.4, 0.5) is 15.8 Å². The van der Waals surface area contributed by atoms with Crippen LogP contribution >= 0.6 is 15.9 Å². The number of rotatable bonds is 4. The molecule has 1 unspecified atom stereocenters. The zero-order valence-electron chi connectivity index (χ0n) is 11.3. The first-order chi connectivity index (χ1) is 9.95. The molecule has 0 amide bonds. The molecule has 2 rings (SSSR count). The second kappa shape index (κ2) is 6.38. The molecule has 0 aromatic heterocycles. The van der Waals surface area contributed by atoms with Crippen molar-refractivity contribution in [1.29, 1.82) is 0 Å². The molecule has 1 saturated heterocycles. The summed E-state index contributed by atoms with van der Waals surface area (Å²) in [6, 6.07) is 1.63. The van der Waals surface area contributed by atoms with Crippen molar-refractivity contribution in [1.82, 2.24) is 0 Å². The number of carbonyl (C=O) groups is 1. The van der Waals surface area contributed by atoms with E-state index >= 15 is 0 Å². The van der Waals surface area contributed by atoms with E-state index in [0.717, 1.165) is 12.5 Å². The van der Waals surface area contributed by atoms with Crippen LogP contribution in [0, 0.1) is 15.9 Å². The largest absolute Gasteiger partial charge is 0.464 e. The van der Waals surface area contributed by atoms with Gasteiger partial charge >= 0.3 is 5.97 Å². The van der Waals surface area contributed by atoms with Gasteiger partial charge in [0.1, 0.15) is 17.5 Å². The highest BCUT2D eigenvalue weighted by Crippen LogP contribution is 2.37. The normalized spacial score (nSPS) is 17.9. The van der Waals surface area contributed by atoms with Crippen molar-refractivity contribution >= 4 is 33.3 Å². The van der Waals surface area contributed by atoms with Gasteiger partial charge in [-0.2, -0.15) is 0 Å². The smallest absolute Gasteiger partial charge is 0.328 e. The first kappa shape index (κ1) is 15.7. The highest BCUT2D eigenvalue weighted by Gasteiger charge is 2.36. The Morgan fingerprint density at radius 1 is 1.62 bits per heavy atom. The van der Waals surface area contributed by atoms with E-state index in [2.05, 4.69) is 15.9 Å². The summed E-state index contributed by atoms with van der Waals surface area (Å²) in [6.07, 6.45) is 1.28. The lowest BCUT2D eigenvalue weighted by molar-refractivity contribution is -0.384. The molecule has 1 aromatic rings. The zero-order valence-corrected chi connectivity index (χ0v) is 12.9. The van der Waals surface area contributed by atoms with Crippen molar-refractivity contribution in [3.05, 3.63) is 32.5 Å². The van der Waals surface area contributed by atoms with Gasteiger partial charge in [-0.15, -0.1) is 0 Å². The summed E-state index contributed by atoms with van der Waals surface area (Å²) < 4.78 is 18.6. The number of hydrogen-bond acceptors (Lipinski definition) is 5. The maximum absolute atomic E-state index is 13.5. The summed E-state index contributed by atoms with van der Waals surface area (Å²) in [7, 11) is 0.